The first kappa shape index (κ1) is 21.8. The van der Waals surface area contributed by atoms with Gasteiger partial charge in [-0.2, -0.15) is 0 Å². The number of anilines is 7. The largest absolute Gasteiger partial charge is 0.320 e. The van der Waals surface area contributed by atoms with E-state index in [4.69, 9.17) is 0 Å². The van der Waals surface area contributed by atoms with Crippen LogP contribution in [0.1, 0.15) is 6.42 Å². The predicted molar refractivity (Wildman–Crippen MR) is 158 cm³/mol. The minimum atomic E-state index is 0.282. The van der Waals surface area contributed by atoms with Crippen molar-refractivity contribution < 1.29 is 0 Å². The van der Waals surface area contributed by atoms with E-state index < -0.39 is 0 Å². The SMILES string of the molecule is C1=C2SC(C1)N(c1ccccc1)c1ccc(s1)N(c1ccccc1)c1ccc(s1)N2c1ccccc1. The molecule has 6 heteroatoms. The number of para-hydroxylation sites is 3. The number of hydrogen-bond donors (Lipinski definition) is 0. The van der Waals surface area contributed by atoms with E-state index in [0.717, 1.165) is 6.42 Å². The van der Waals surface area contributed by atoms with Crippen LogP contribution < -0.4 is 14.7 Å². The van der Waals surface area contributed by atoms with Crippen LogP contribution in [0, 0.1) is 0 Å². The molecule has 0 saturated carbocycles. The van der Waals surface area contributed by atoms with Gasteiger partial charge in [0, 0.05) is 17.1 Å². The molecule has 0 amide bonds. The average Bonchev–Trinajstić information content (AvgIpc) is 3.70. The lowest BCUT2D eigenvalue weighted by Crippen LogP contribution is -2.26. The van der Waals surface area contributed by atoms with Crippen molar-refractivity contribution in [3.63, 3.8) is 0 Å². The van der Waals surface area contributed by atoms with Crippen molar-refractivity contribution in [3.05, 3.63) is 126 Å². The Morgan fingerprint density at radius 1 is 0.500 bits per heavy atom. The summed E-state index contributed by atoms with van der Waals surface area (Å²) < 4.78 is 0. The van der Waals surface area contributed by atoms with Gasteiger partial charge in [-0.25, -0.2) is 0 Å². The first-order valence-electron chi connectivity index (χ1n) is 12.0. The van der Waals surface area contributed by atoms with E-state index in [1.807, 2.05) is 34.4 Å². The number of thioether (sulfide) groups is 1. The van der Waals surface area contributed by atoms with Crippen molar-refractivity contribution in [1.82, 2.24) is 0 Å². The third kappa shape index (κ3) is 3.82. The Hall–Kier alpha value is -3.45. The van der Waals surface area contributed by atoms with Crippen LogP contribution in [0.4, 0.5) is 37.1 Å². The highest BCUT2D eigenvalue weighted by Crippen LogP contribution is 2.53. The molecule has 0 aliphatic carbocycles. The van der Waals surface area contributed by atoms with E-state index in [-0.39, 0.29) is 5.37 Å². The Bertz CT molecular complexity index is 1510. The maximum Gasteiger partial charge on any atom is 0.103 e. The Balaban J connectivity index is 1.44. The zero-order valence-electron chi connectivity index (χ0n) is 19.4. The van der Waals surface area contributed by atoms with Gasteiger partial charge < -0.3 is 4.90 Å². The molecule has 2 aliphatic rings. The van der Waals surface area contributed by atoms with Crippen LogP contribution in [0.25, 0.3) is 0 Å². The second-order valence-electron chi connectivity index (χ2n) is 8.62. The summed E-state index contributed by atoms with van der Waals surface area (Å²) in [5.74, 6) is 0. The molecule has 2 aliphatic heterocycles. The molecule has 6 bridgehead atoms. The molecular weight excluding hydrogens is 499 g/mol. The molecule has 5 aromatic rings. The average molecular weight is 522 g/mol. The molecule has 0 fully saturated rings. The van der Waals surface area contributed by atoms with Crippen LogP contribution in [0.5, 0.6) is 0 Å². The smallest absolute Gasteiger partial charge is 0.103 e. The fraction of sp³-hybridized carbons (Fsp3) is 0.0667. The van der Waals surface area contributed by atoms with Gasteiger partial charge in [0.05, 0.1) is 15.4 Å². The molecule has 2 aromatic heterocycles. The molecule has 1 atom stereocenters. The number of benzene rings is 3. The van der Waals surface area contributed by atoms with E-state index in [9.17, 15) is 0 Å². The molecule has 4 heterocycles. The minimum absolute atomic E-state index is 0.282. The zero-order valence-corrected chi connectivity index (χ0v) is 21.8. The molecule has 0 spiro atoms. The fourth-order valence-electron chi connectivity index (χ4n) is 4.77. The summed E-state index contributed by atoms with van der Waals surface area (Å²) in [6, 6.07) is 41.3. The molecule has 0 N–H and O–H groups in total. The Labute approximate surface area is 223 Å². The number of thiophene rings is 2. The number of hydrogen-bond acceptors (Lipinski definition) is 6. The van der Waals surface area contributed by atoms with Gasteiger partial charge >= 0.3 is 0 Å². The topological polar surface area (TPSA) is 9.72 Å². The van der Waals surface area contributed by atoms with Gasteiger partial charge in [0.2, 0.25) is 0 Å². The second-order valence-corrected chi connectivity index (χ2v) is 11.9. The number of nitrogens with zero attached hydrogens (tertiary/aromatic N) is 3. The first-order valence-corrected chi connectivity index (χ1v) is 14.5. The van der Waals surface area contributed by atoms with E-state index in [1.54, 1.807) is 0 Å². The molecular formula is C30H23N3S3. The van der Waals surface area contributed by atoms with Crippen molar-refractivity contribution in [2.24, 2.45) is 0 Å². The third-order valence-electron chi connectivity index (χ3n) is 6.38. The van der Waals surface area contributed by atoms with Crippen molar-refractivity contribution in [2.75, 3.05) is 14.7 Å². The summed E-state index contributed by atoms with van der Waals surface area (Å²) in [5, 5.41) is 6.47. The molecule has 3 aromatic carbocycles. The highest BCUT2D eigenvalue weighted by molar-refractivity contribution is 8.04. The second kappa shape index (κ2) is 9.21. The number of rotatable bonds is 3. The monoisotopic (exact) mass is 521 g/mol. The summed E-state index contributed by atoms with van der Waals surface area (Å²) in [7, 11) is 0. The summed E-state index contributed by atoms with van der Waals surface area (Å²) in [6.07, 6.45) is 3.38. The van der Waals surface area contributed by atoms with Gasteiger partial charge in [0.25, 0.3) is 0 Å². The standard InChI is InChI=1S/C30H23N3S3/c1-4-10-22(11-5-1)31-25-16-18-27(34-25)32(23-12-6-2-7-13-23)29-20-21-30(36-29)33(24-14-8-3-9-15-24)28-19-17-26(31)35-28/h1-20,30H,21H2. The van der Waals surface area contributed by atoms with Gasteiger partial charge in [-0.15, -0.1) is 0 Å². The lowest BCUT2D eigenvalue weighted by Gasteiger charge is -2.31. The quantitative estimate of drug-likeness (QED) is 0.234. The molecule has 0 saturated heterocycles. The van der Waals surface area contributed by atoms with Crippen molar-refractivity contribution in [2.45, 2.75) is 11.8 Å². The van der Waals surface area contributed by atoms with Crippen LogP contribution >= 0.6 is 34.4 Å². The molecule has 1 unspecified atom stereocenters. The summed E-state index contributed by atoms with van der Waals surface area (Å²) in [4.78, 5) is 7.32. The lowest BCUT2D eigenvalue weighted by molar-refractivity contribution is 0.900. The molecule has 176 valence electrons. The maximum atomic E-state index is 2.51. The van der Waals surface area contributed by atoms with Crippen molar-refractivity contribution in [3.8, 4) is 0 Å². The predicted octanol–water partition coefficient (Wildman–Crippen LogP) is 9.87. The van der Waals surface area contributed by atoms with Crippen LogP contribution in [-0.4, -0.2) is 5.37 Å². The highest BCUT2D eigenvalue weighted by atomic mass is 32.2. The van der Waals surface area contributed by atoms with Gasteiger partial charge in [0.1, 0.15) is 15.0 Å². The van der Waals surface area contributed by atoms with Crippen LogP contribution in [0.2, 0.25) is 0 Å². The lowest BCUT2D eigenvalue weighted by atomic mass is 10.2. The van der Waals surface area contributed by atoms with Crippen LogP contribution in [-0.2, 0) is 0 Å². The summed E-state index contributed by atoms with van der Waals surface area (Å²) in [6.45, 7) is 0. The summed E-state index contributed by atoms with van der Waals surface area (Å²) >= 11 is 5.63. The van der Waals surface area contributed by atoms with Gasteiger partial charge in [-0.1, -0.05) is 95.1 Å². The van der Waals surface area contributed by atoms with Gasteiger partial charge in [-0.05, 0) is 67.1 Å². The highest BCUT2D eigenvalue weighted by Gasteiger charge is 2.32. The van der Waals surface area contributed by atoms with Crippen molar-refractivity contribution in [1.29, 1.82) is 0 Å². The summed E-state index contributed by atoms with van der Waals surface area (Å²) in [5.41, 5.74) is 3.59. The fourth-order valence-corrected chi connectivity index (χ4v) is 8.45. The van der Waals surface area contributed by atoms with E-state index >= 15 is 0 Å². The molecule has 7 rings (SSSR count). The minimum Gasteiger partial charge on any atom is -0.320 e. The first-order chi connectivity index (χ1) is 17.8. The Morgan fingerprint density at radius 2 is 0.972 bits per heavy atom. The van der Waals surface area contributed by atoms with E-state index in [1.165, 1.54) is 42.1 Å². The Morgan fingerprint density at radius 3 is 1.58 bits per heavy atom. The normalized spacial score (nSPS) is 16.9. The maximum absolute atomic E-state index is 2.51. The molecule has 3 nitrogen and oxygen atoms in total. The zero-order chi connectivity index (χ0) is 23.9. The van der Waals surface area contributed by atoms with Gasteiger partial charge in [0.15, 0.2) is 0 Å². The number of fused-ring (bicyclic) bond motifs is 6. The van der Waals surface area contributed by atoms with E-state index in [2.05, 4.69) is 136 Å². The van der Waals surface area contributed by atoms with Gasteiger partial charge in [-0.3, -0.25) is 9.80 Å². The molecule has 36 heavy (non-hydrogen) atoms. The third-order valence-corrected chi connectivity index (χ3v) is 9.77. The van der Waals surface area contributed by atoms with Crippen LogP contribution in [0.15, 0.2) is 126 Å². The molecule has 0 radical (unpaired) electrons. The van der Waals surface area contributed by atoms with Crippen LogP contribution in [0.3, 0.4) is 0 Å². The van der Waals surface area contributed by atoms with E-state index in [0.29, 0.717) is 0 Å². The van der Waals surface area contributed by atoms with Crippen molar-refractivity contribution >= 4 is 71.5 Å². The Kier molecular flexibility index (Phi) is 5.58.